The molecular weight excluding hydrogens is 168 g/mol. The molecule has 4 nitrogen and oxygen atoms in total. The quantitative estimate of drug-likeness (QED) is 0.555. The zero-order valence-electron chi connectivity index (χ0n) is 7.47. The van der Waals surface area contributed by atoms with E-state index in [0.29, 0.717) is 0 Å². The molecule has 13 heavy (non-hydrogen) atoms. The first-order chi connectivity index (χ1) is 6.14. The van der Waals surface area contributed by atoms with Crippen molar-refractivity contribution in [2.24, 2.45) is 5.73 Å². The number of rotatable bonds is 1. The van der Waals surface area contributed by atoms with Gasteiger partial charge in [0.25, 0.3) is 0 Å². The van der Waals surface area contributed by atoms with Crippen LogP contribution in [0.4, 0.5) is 0 Å². The maximum atomic E-state index is 9.57. The van der Waals surface area contributed by atoms with E-state index >= 15 is 0 Å². The van der Waals surface area contributed by atoms with Gasteiger partial charge in [-0.15, -0.1) is 0 Å². The molecule has 1 aliphatic heterocycles. The van der Waals surface area contributed by atoms with Crippen LogP contribution in [0, 0.1) is 0 Å². The van der Waals surface area contributed by atoms with Crippen molar-refractivity contribution in [1.29, 1.82) is 0 Å². The standard InChI is InChI=1S/C6H7N.C3H7NO2/c1-2-4-6-7-5-3-1;1-2(4)3(5)6/h1-7H;2H,4H2,1H3,(H,5,6). The Morgan fingerprint density at radius 3 is 2.00 bits per heavy atom. The van der Waals surface area contributed by atoms with Crippen molar-refractivity contribution in [3.05, 3.63) is 36.7 Å². The first kappa shape index (κ1) is 11.4. The summed E-state index contributed by atoms with van der Waals surface area (Å²) in [6, 6.07) is -0.731. The molecule has 0 radical (unpaired) electrons. The van der Waals surface area contributed by atoms with Crippen LogP contribution in [0.1, 0.15) is 6.92 Å². The van der Waals surface area contributed by atoms with Crippen molar-refractivity contribution in [1.82, 2.24) is 5.32 Å². The van der Waals surface area contributed by atoms with E-state index in [1.807, 2.05) is 36.7 Å². The fraction of sp³-hybridized carbons (Fsp3) is 0.222. The lowest BCUT2D eigenvalue weighted by Gasteiger charge is -1.90. The summed E-state index contributed by atoms with van der Waals surface area (Å²) in [4.78, 5) is 9.57. The van der Waals surface area contributed by atoms with Crippen LogP contribution in [0.25, 0.3) is 0 Å². The molecule has 0 saturated heterocycles. The molecule has 0 aromatic carbocycles. The lowest BCUT2D eigenvalue weighted by Crippen LogP contribution is -2.25. The summed E-state index contributed by atoms with van der Waals surface area (Å²) in [5, 5.41) is 10.8. The smallest absolute Gasteiger partial charge is 0.320 e. The summed E-state index contributed by atoms with van der Waals surface area (Å²) in [6.07, 6.45) is 11.6. The Balaban J connectivity index is 0.000000226. The lowest BCUT2D eigenvalue weighted by molar-refractivity contribution is -0.138. The van der Waals surface area contributed by atoms with Gasteiger partial charge in [0, 0.05) is 12.4 Å². The van der Waals surface area contributed by atoms with Crippen LogP contribution in [0.5, 0.6) is 0 Å². The molecule has 0 bridgehead atoms. The molecule has 1 atom stereocenters. The van der Waals surface area contributed by atoms with Crippen molar-refractivity contribution in [3.8, 4) is 0 Å². The Bertz CT molecular complexity index is 216. The third-order valence-electron chi connectivity index (χ3n) is 1.11. The summed E-state index contributed by atoms with van der Waals surface area (Å²) >= 11 is 0. The van der Waals surface area contributed by atoms with E-state index in [1.54, 1.807) is 0 Å². The van der Waals surface area contributed by atoms with Gasteiger partial charge in [-0.1, -0.05) is 12.2 Å². The van der Waals surface area contributed by atoms with Gasteiger partial charge in [0.15, 0.2) is 0 Å². The van der Waals surface area contributed by atoms with Crippen molar-refractivity contribution in [3.63, 3.8) is 0 Å². The van der Waals surface area contributed by atoms with Crippen LogP contribution >= 0.6 is 0 Å². The molecule has 0 saturated carbocycles. The Kier molecular flexibility index (Phi) is 6.27. The Morgan fingerprint density at radius 1 is 1.31 bits per heavy atom. The number of carboxylic acid groups (broad SMARTS) is 1. The van der Waals surface area contributed by atoms with E-state index in [9.17, 15) is 4.79 Å². The molecular formula is C9H14N2O2. The second kappa shape index (κ2) is 7.12. The molecule has 0 amide bonds. The van der Waals surface area contributed by atoms with E-state index in [-0.39, 0.29) is 0 Å². The van der Waals surface area contributed by atoms with Gasteiger partial charge in [-0.3, -0.25) is 4.79 Å². The van der Waals surface area contributed by atoms with E-state index in [4.69, 9.17) is 10.8 Å². The summed E-state index contributed by atoms with van der Waals surface area (Å²) in [5.74, 6) is -0.963. The Morgan fingerprint density at radius 2 is 1.69 bits per heavy atom. The third-order valence-corrected chi connectivity index (χ3v) is 1.11. The normalized spacial score (nSPS) is 14.9. The van der Waals surface area contributed by atoms with Gasteiger partial charge in [0.2, 0.25) is 0 Å². The van der Waals surface area contributed by atoms with Crippen molar-refractivity contribution in [2.75, 3.05) is 0 Å². The monoisotopic (exact) mass is 182 g/mol. The van der Waals surface area contributed by atoms with Gasteiger partial charge in [0.05, 0.1) is 0 Å². The highest BCUT2D eigenvalue weighted by molar-refractivity contribution is 5.72. The summed E-state index contributed by atoms with van der Waals surface area (Å²) < 4.78 is 0. The van der Waals surface area contributed by atoms with E-state index in [1.165, 1.54) is 6.92 Å². The molecule has 1 unspecified atom stereocenters. The molecule has 0 aromatic rings. The number of aliphatic carboxylic acids is 1. The summed E-state index contributed by atoms with van der Waals surface area (Å²) in [7, 11) is 0. The number of hydrogen-bond donors (Lipinski definition) is 3. The second-order valence-electron chi connectivity index (χ2n) is 2.40. The Labute approximate surface area is 77.4 Å². The van der Waals surface area contributed by atoms with Crippen LogP contribution in [0.2, 0.25) is 0 Å². The predicted octanol–water partition coefficient (Wildman–Crippen LogP) is 0.591. The van der Waals surface area contributed by atoms with Gasteiger partial charge in [0.1, 0.15) is 6.04 Å². The first-order valence-electron chi connectivity index (χ1n) is 3.87. The topological polar surface area (TPSA) is 75.3 Å². The third kappa shape index (κ3) is 8.36. The molecule has 0 fully saturated rings. The maximum Gasteiger partial charge on any atom is 0.320 e. The number of nitrogens with one attached hydrogen (secondary N) is 1. The molecule has 1 heterocycles. The molecule has 0 aromatic heterocycles. The number of nitrogens with two attached hydrogens (primary N) is 1. The number of carboxylic acids is 1. The fourth-order valence-electron chi connectivity index (χ4n) is 0.406. The van der Waals surface area contributed by atoms with Gasteiger partial charge in [-0.05, 0) is 19.1 Å². The highest BCUT2D eigenvalue weighted by Gasteiger charge is 1.99. The largest absolute Gasteiger partial charge is 0.480 e. The minimum atomic E-state index is -0.963. The Hall–Kier alpha value is -1.55. The van der Waals surface area contributed by atoms with Crippen LogP contribution in [0.15, 0.2) is 36.7 Å². The number of carbonyl (C=O) groups is 1. The SMILES string of the molecule is C1=CC=CNC=C1.CC(N)C(=O)O. The highest BCUT2D eigenvalue weighted by atomic mass is 16.4. The summed E-state index contributed by atoms with van der Waals surface area (Å²) in [6.45, 7) is 1.42. The maximum absolute atomic E-state index is 9.57. The van der Waals surface area contributed by atoms with Crippen molar-refractivity contribution < 1.29 is 9.90 Å². The van der Waals surface area contributed by atoms with E-state index in [0.717, 1.165) is 0 Å². The zero-order valence-corrected chi connectivity index (χ0v) is 7.47. The summed E-state index contributed by atoms with van der Waals surface area (Å²) in [5.41, 5.74) is 4.84. The van der Waals surface area contributed by atoms with E-state index in [2.05, 4.69) is 5.32 Å². The minimum Gasteiger partial charge on any atom is -0.480 e. The van der Waals surface area contributed by atoms with Crippen LogP contribution in [-0.2, 0) is 4.79 Å². The fourth-order valence-corrected chi connectivity index (χ4v) is 0.406. The van der Waals surface area contributed by atoms with Crippen molar-refractivity contribution >= 4 is 5.97 Å². The zero-order chi connectivity index (χ0) is 10.1. The molecule has 72 valence electrons. The predicted molar refractivity (Wildman–Crippen MR) is 51.8 cm³/mol. The van der Waals surface area contributed by atoms with Crippen LogP contribution in [-0.4, -0.2) is 17.1 Å². The van der Waals surface area contributed by atoms with Crippen LogP contribution in [0.3, 0.4) is 0 Å². The lowest BCUT2D eigenvalue weighted by atomic mass is 10.4. The molecule has 0 aliphatic carbocycles. The average Bonchev–Trinajstić information content (AvgIpc) is 2.35. The van der Waals surface area contributed by atoms with E-state index < -0.39 is 12.0 Å². The molecule has 0 spiro atoms. The van der Waals surface area contributed by atoms with Crippen molar-refractivity contribution in [2.45, 2.75) is 13.0 Å². The van der Waals surface area contributed by atoms with Gasteiger partial charge < -0.3 is 16.2 Å². The number of hydrogen-bond acceptors (Lipinski definition) is 3. The molecule has 1 rings (SSSR count). The van der Waals surface area contributed by atoms with Crippen LogP contribution < -0.4 is 11.1 Å². The van der Waals surface area contributed by atoms with Gasteiger partial charge >= 0.3 is 5.97 Å². The number of allylic oxidation sites excluding steroid dienone is 4. The highest BCUT2D eigenvalue weighted by Crippen LogP contribution is 1.81. The van der Waals surface area contributed by atoms with Gasteiger partial charge in [-0.25, -0.2) is 0 Å². The molecule has 4 heteroatoms. The average molecular weight is 182 g/mol. The second-order valence-corrected chi connectivity index (χ2v) is 2.40. The van der Waals surface area contributed by atoms with Gasteiger partial charge in [-0.2, -0.15) is 0 Å². The first-order valence-corrected chi connectivity index (χ1v) is 3.87. The molecule has 1 aliphatic rings. The minimum absolute atomic E-state index is 0.731. The molecule has 4 N–H and O–H groups in total.